The SMILES string of the molecule is COC(=O)Cc1cc(C)c(OC)c(C(F)F)n1. The Morgan fingerprint density at radius 2 is 2.12 bits per heavy atom. The summed E-state index contributed by atoms with van der Waals surface area (Å²) in [6, 6.07) is 1.53. The van der Waals surface area contributed by atoms with Gasteiger partial charge in [-0.15, -0.1) is 0 Å². The highest BCUT2D eigenvalue weighted by Gasteiger charge is 2.20. The van der Waals surface area contributed by atoms with Gasteiger partial charge in [0.15, 0.2) is 0 Å². The van der Waals surface area contributed by atoms with Crippen LogP contribution in [0.5, 0.6) is 5.75 Å². The van der Waals surface area contributed by atoms with Crippen LogP contribution < -0.4 is 4.74 Å². The maximum absolute atomic E-state index is 12.7. The zero-order valence-electron chi connectivity index (χ0n) is 9.79. The molecule has 0 atom stereocenters. The molecular weight excluding hydrogens is 232 g/mol. The predicted molar refractivity (Wildman–Crippen MR) is 56.2 cm³/mol. The van der Waals surface area contributed by atoms with Crippen molar-refractivity contribution in [3.63, 3.8) is 0 Å². The molecule has 1 rings (SSSR count). The summed E-state index contributed by atoms with van der Waals surface area (Å²) in [4.78, 5) is 14.8. The molecule has 17 heavy (non-hydrogen) atoms. The summed E-state index contributed by atoms with van der Waals surface area (Å²) < 4.78 is 34.8. The van der Waals surface area contributed by atoms with E-state index in [1.54, 1.807) is 6.92 Å². The van der Waals surface area contributed by atoms with Gasteiger partial charge >= 0.3 is 5.97 Å². The lowest BCUT2D eigenvalue weighted by Crippen LogP contribution is -2.09. The summed E-state index contributed by atoms with van der Waals surface area (Å²) in [6.07, 6.45) is -2.89. The highest BCUT2D eigenvalue weighted by atomic mass is 19.3. The summed E-state index contributed by atoms with van der Waals surface area (Å²) in [6.45, 7) is 1.62. The number of methoxy groups -OCH3 is 2. The Hall–Kier alpha value is -1.72. The number of pyridine rings is 1. The first-order valence-electron chi connectivity index (χ1n) is 4.89. The van der Waals surface area contributed by atoms with Gasteiger partial charge in [0, 0.05) is 0 Å². The Labute approximate surface area is 97.6 Å². The zero-order valence-corrected chi connectivity index (χ0v) is 9.79. The Morgan fingerprint density at radius 3 is 2.59 bits per heavy atom. The molecule has 0 saturated heterocycles. The van der Waals surface area contributed by atoms with E-state index in [1.807, 2.05) is 0 Å². The van der Waals surface area contributed by atoms with E-state index in [-0.39, 0.29) is 17.9 Å². The van der Waals surface area contributed by atoms with Gasteiger partial charge in [-0.05, 0) is 18.6 Å². The van der Waals surface area contributed by atoms with Gasteiger partial charge in [-0.3, -0.25) is 4.79 Å². The van der Waals surface area contributed by atoms with Gasteiger partial charge in [0.2, 0.25) is 0 Å². The molecule has 0 spiro atoms. The number of rotatable bonds is 4. The number of alkyl halides is 2. The topological polar surface area (TPSA) is 48.4 Å². The fourth-order valence-electron chi connectivity index (χ4n) is 1.48. The molecular formula is C11H13F2NO3. The molecule has 0 aliphatic heterocycles. The van der Waals surface area contributed by atoms with E-state index >= 15 is 0 Å². The van der Waals surface area contributed by atoms with Crippen LogP contribution in [0.2, 0.25) is 0 Å². The summed E-state index contributed by atoms with van der Waals surface area (Å²) in [5, 5.41) is 0. The molecule has 0 bridgehead atoms. The molecule has 0 saturated carbocycles. The molecule has 4 nitrogen and oxygen atoms in total. The Morgan fingerprint density at radius 1 is 1.47 bits per heavy atom. The van der Waals surface area contributed by atoms with Crippen LogP contribution in [0.15, 0.2) is 6.07 Å². The van der Waals surface area contributed by atoms with Gasteiger partial charge in [0.05, 0.1) is 26.3 Å². The van der Waals surface area contributed by atoms with Crippen molar-refractivity contribution in [1.29, 1.82) is 0 Å². The molecule has 6 heteroatoms. The minimum Gasteiger partial charge on any atom is -0.494 e. The lowest BCUT2D eigenvalue weighted by molar-refractivity contribution is -0.139. The monoisotopic (exact) mass is 245 g/mol. The Bertz CT molecular complexity index is 421. The summed E-state index contributed by atoms with van der Waals surface area (Å²) in [5.41, 5.74) is 0.300. The molecule has 0 amide bonds. The van der Waals surface area contributed by atoms with Crippen molar-refractivity contribution in [2.75, 3.05) is 14.2 Å². The van der Waals surface area contributed by atoms with Gasteiger partial charge in [-0.25, -0.2) is 13.8 Å². The fraction of sp³-hybridized carbons (Fsp3) is 0.455. The summed E-state index contributed by atoms with van der Waals surface area (Å²) in [7, 11) is 2.53. The molecule has 94 valence electrons. The highest BCUT2D eigenvalue weighted by molar-refractivity contribution is 5.72. The van der Waals surface area contributed by atoms with Crippen LogP contribution >= 0.6 is 0 Å². The molecule has 1 aromatic rings. The van der Waals surface area contributed by atoms with E-state index in [2.05, 4.69) is 9.72 Å². The summed E-state index contributed by atoms with van der Waals surface area (Å²) in [5.74, 6) is -0.476. The third-order valence-corrected chi connectivity index (χ3v) is 2.20. The molecule has 0 N–H and O–H groups in total. The van der Waals surface area contributed by atoms with Crippen LogP contribution in [0.1, 0.15) is 23.4 Å². The standard InChI is InChI=1S/C11H13F2NO3/c1-6-4-7(5-8(15)16-2)14-9(11(12)13)10(6)17-3/h4,11H,5H2,1-3H3. The number of nitrogens with zero attached hydrogens (tertiary/aromatic N) is 1. The van der Waals surface area contributed by atoms with E-state index in [1.165, 1.54) is 20.3 Å². The Kier molecular flexibility index (Phi) is 4.37. The Balaban J connectivity index is 3.15. The third kappa shape index (κ3) is 3.12. The highest BCUT2D eigenvalue weighted by Crippen LogP contribution is 2.30. The van der Waals surface area contributed by atoms with Crippen molar-refractivity contribution in [1.82, 2.24) is 4.98 Å². The molecule has 0 fully saturated rings. The van der Waals surface area contributed by atoms with E-state index in [0.717, 1.165) is 0 Å². The second kappa shape index (κ2) is 5.56. The van der Waals surface area contributed by atoms with Crippen LogP contribution in [0.4, 0.5) is 8.78 Å². The summed E-state index contributed by atoms with van der Waals surface area (Å²) >= 11 is 0. The predicted octanol–water partition coefficient (Wildman–Crippen LogP) is 2.05. The largest absolute Gasteiger partial charge is 0.494 e. The zero-order chi connectivity index (χ0) is 13.0. The molecule has 1 aromatic heterocycles. The quantitative estimate of drug-likeness (QED) is 0.762. The van der Waals surface area contributed by atoms with Gasteiger partial charge in [-0.1, -0.05) is 0 Å². The molecule has 0 aromatic carbocycles. The van der Waals surface area contributed by atoms with Crippen LogP contribution in [-0.2, 0) is 16.0 Å². The second-order valence-corrected chi connectivity index (χ2v) is 3.40. The third-order valence-electron chi connectivity index (χ3n) is 2.20. The van der Waals surface area contributed by atoms with Crippen LogP contribution in [0.3, 0.4) is 0 Å². The minimum absolute atomic E-state index is 0.0496. The van der Waals surface area contributed by atoms with Crippen molar-refractivity contribution in [2.45, 2.75) is 19.8 Å². The number of aromatic nitrogens is 1. The minimum atomic E-state index is -2.75. The number of hydrogen-bond acceptors (Lipinski definition) is 4. The van der Waals surface area contributed by atoms with Crippen molar-refractivity contribution in [3.05, 3.63) is 23.0 Å². The van der Waals surface area contributed by atoms with Gasteiger partial charge < -0.3 is 9.47 Å². The second-order valence-electron chi connectivity index (χ2n) is 3.40. The number of aryl methyl sites for hydroxylation is 1. The molecule has 0 radical (unpaired) electrons. The molecule has 0 aliphatic rings. The average molecular weight is 245 g/mol. The molecule has 0 aliphatic carbocycles. The maximum atomic E-state index is 12.7. The maximum Gasteiger partial charge on any atom is 0.311 e. The number of carbonyl (C=O) groups is 1. The van der Waals surface area contributed by atoms with Gasteiger partial charge in [0.1, 0.15) is 11.4 Å². The van der Waals surface area contributed by atoms with Crippen molar-refractivity contribution < 1.29 is 23.0 Å². The van der Waals surface area contributed by atoms with Crippen LogP contribution in [0, 0.1) is 6.92 Å². The van der Waals surface area contributed by atoms with E-state index in [0.29, 0.717) is 5.56 Å². The first kappa shape index (κ1) is 13.3. The van der Waals surface area contributed by atoms with Crippen molar-refractivity contribution in [2.24, 2.45) is 0 Å². The number of ether oxygens (including phenoxy) is 2. The van der Waals surface area contributed by atoms with Crippen molar-refractivity contribution >= 4 is 5.97 Å². The lowest BCUT2D eigenvalue weighted by Gasteiger charge is -2.11. The van der Waals surface area contributed by atoms with Crippen LogP contribution in [0.25, 0.3) is 0 Å². The molecule has 0 unspecified atom stereocenters. The van der Waals surface area contributed by atoms with Gasteiger partial charge in [0.25, 0.3) is 6.43 Å². The lowest BCUT2D eigenvalue weighted by atomic mass is 10.1. The van der Waals surface area contributed by atoms with Crippen LogP contribution in [-0.4, -0.2) is 25.2 Å². The smallest absolute Gasteiger partial charge is 0.311 e. The van der Waals surface area contributed by atoms with Gasteiger partial charge in [-0.2, -0.15) is 0 Å². The number of halogens is 2. The fourth-order valence-corrected chi connectivity index (χ4v) is 1.48. The van der Waals surface area contributed by atoms with E-state index in [9.17, 15) is 13.6 Å². The van der Waals surface area contributed by atoms with E-state index in [4.69, 9.17) is 4.74 Å². The average Bonchev–Trinajstić information content (AvgIpc) is 2.28. The van der Waals surface area contributed by atoms with Crippen molar-refractivity contribution in [3.8, 4) is 5.75 Å². The number of carbonyl (C=O) groups excluding carboxylic acids is 1. The normalized spacial score (nSPS) is 10.5. The molecule has 1 heterocycles. The first-order valence-corrected chi connectivity index (χ1v) is 4.89. The first-order chi connectivity index (χ1) is 7.99. The number of hydrogen-bond donors (Lipinski definition) is 0. The number of esters is 1. The van der Waals surface area contributed by atoms with E-state index < -0.39 is 18.1 Å².